The Bertz CT molecular complexity index is 850. The van der Waals surface area contributed by atoms with Gasteiger partial charge < -0.3 is 0 Å². The number of aromatic nitrogens is 1. The zero-order valence-corrected chi connectivity index (χ0v) is 12.5. The lowest BCUT2D eigenvalue weighted by molar-refractivity contribution is 0.595. The molecule has 9 heteroatoms. The van der Waals surface area contributed by atoms with E-state index in [0.717, 1.165) is 12.1 Å². The summed E-state index contributed by atoms with van der Waals surface area (Å²) in [7, 11) is -4.21. The minimum absolute atomic E-state index is 0.0200. The Morgan fingerprint density at radius 3 is 2.67 bits per heavy atom. The third-order valence-corrected chi connectivity index (χ3v) is 4.60. The maximum absolute atomic E-state index is 13.6. The van der Waals surface area contributed by atoms with E-state index in [2.05, 4.69) is 9.71 Å². The molecular weight excluding hydrogens is 340 g/mol. The van der Waals surface area contributed by atoms with Crippen molar-refractivity contribution in [1.29, 1.82) is 5.26 Å². The Kier molecular flexibility index (Phi) is 4.32. The summed E-state index contributed by atoms with van der Waals surface area (Å²) in [5, 5.41) is 7.96. The highest BCUT2D eigenvalue weighted by atomic mass is 35.5. The Morgan fingerprint density at radius 2 is 2.00 bits per heavy atom. The average molecular weight is 346 g/mol. The highest BCUT2D eigenvalue weighted by Gasteiger charge is 2.23. The third-order valence-electron chi connectivity index (χ3n) is 2.45. The van der Waals surface area contributed by atoms with Gasteiger partial charge >= 0.3 is 0 Å². The summed E-state index contributed by atoms with van der Waals surface area (Å²) >= 11 is 11.2. The fraction of sp³-hybridized carbons (Fsp3) is 0. The van der Waals surface area contributed by atoms with Crippen molar-refractivity contribution < 1.29 is 12.8 Å². The molecule has 0 aliphatic heterocycles. The van der Waals surface area contributed by atoms with Crippen LogP contribution in [0.25, 0.3) is 0 Å². The summed E-state index contributed by atoms with van der Waals surface area (Å²) in [5.74, 6) is -1.21. The molecule has 0 aliphatic carbocycles. The highest BCUT2D eigenvalue weighted by molar-refractivity contribution is 7.92. The third kappa shape index (κ3) is 3.08. The lowest BCUT2D eigenvalue weighted by atomic mass is 10.3. The van der Waals surface area contributed by atoms with Gasteiger partial charge in [0.05, 0.1) is 15.6 Å². The molecule has 0 fully saturated rings. The van der Waals surface area contributed by atoms with E-state index in [9.17, 15) is 12.8 Å². The molecular formula is C12H6Cl2FN3O2S. The Labute approximate surface area is 130 Å². The smallest absolute Gasteiger partial charge is 0.262 e. The summed E-state index contributed by atoms with van der Waals surface area (Å²) < 4.78 is 40.1. The van der Waals surface area contributed by atoms with Gasteiger partial charge in [0.25, 0.3) is 10.0 Å². The number of nitrogens with zero attached hydrogens (tertiary/aromatic N) is 2. The molecule has 1 aromatic carbocycles. The first-order valence-electron chi connectivity index (χ1n) is 5.38. The second-order valence-electron chi connectivity index (χ2n) is 3.79. The van der Waals surface area contributed by atoms with Crippen LogP contribution >= 0.6 is 23.2 Å². The van der Waals surface area contributed by atoms with Gasteiger partial charge in [-0.3, -0.25) is 4.72 Å². The van der Waals surface area contributed by atoms with Crippen molar-refractivity contribution in [2.45, 2.75) is 4.90 Å². The Morgan fingerprint density at radius 1 is 1.29 bits per heavy atom. The molecule has 0 unspecified atom stereocenters. The molecule has 5 nitrogen and oxygen atoms in total. The lowest BCUT2D eigenvalue weighted by Gasteiger charge is -2.10. The fourth-order valence-corrected chi connectivity index (χ4v) is 3.25. The first-order valence-corrected chi connectivity index (χ1v) is 7.62. The van der Waals surface area contributed by atoms with Crippen LogP contribution < -0.4 is 4.72 Å². The zero-order chi connectivity index (χ0) is 15.6. The number of hydrogen-bond donors (Lipinski definition) is 1. The molecule has 1 aromatic heterocycles. The number of sulfonamides is 1. The number of rotatable bonds is 3. The summed E-state index contributed by atoms with van der Waals surface area (Å²) in [5.41, 5.74) is 0.0200. The molecule has 2 aromatic rings. The van der Waals surface area contributed by atoms with Gasteiger partial charge in [-0.15, -0.1) is 0 Å². The number of halogens is 3. The minimum Gasteiger partial charge on any atom is -0.262 e. The van der Waals surface area contributed by atoms with Gasteiger partial charge in [-0.05, 0) is 24.3 Å². The summed E-state index contributed by atoms with van der Waals surface area (Å²) in [6, 6.07) is 6.78. The van der Waals surface area contributed by atoms with Crippen LogP contribution in [0.5, 0.6) is 0 Å². The summed E-state index contributed by atoms with van der Waals surface area (Å²) in [4.78, 5) is 3.25. The number of nitrogens with one attached hydrogen (secondary N) is 1. The standard InChI is InChI=1S/C12H6Cl2FN3O2S/c13-8-3-4-9(10(14)11(8)15)21(19,20)18-12-7(6-16)2-1-5-17-12/h1-5H,(H,17,18). The maximum atomic E-state index is 13.6. The molecule has 21 heavy (non-hydrogen) atoms. The summed E-state index contributed by atoms with van der Waals surface area (Å²) in [6.45, 7) is 0. The Hall–Kier alpha value is -1.88. The number of hydrogen-bond acceptors (Lipinski definition) is 4. The number of nitriles is 1. The lowest BCUT2D eigenvalue weighted by Crippen LogP contribution is -2.15. The molecule has 0 spiro atoms. The van der Waals surface area contributed by atoms with Crippen LogP contribution in [0.2, 0.25) is 10.0 Å². The quantitative estimate of drug-likeness (QED) is 0.865. The van der Waals surface area contributed by atoms with Crippen molar-refractivity contribution >= 4 is 39.0 Å². The molecule has 0 aliphatic rings. The normalized spacial score (nSPS) is 11.0. The molecule has 1 heterocycles. The van der Waals surface area contributed by atoms with Crippen LogP contribution in [-0.2, 0) is 10.0 Å². The molecule has 1 N–H and O–H groups in total. The fourth-order valence-electron chi connectivity index (χ4n) is 1.47. The average Bonchev–Trinajstić information content (AvgIpc) is 2.44. The monoisotopic (exact) mass is 345 g/mol. The van der Waals surface area contributed by atoms with Crippen molar-refractivity contribution in [1.82, 2.24) is 4.98 Å². The van der Waals surface area contributed by atoms with Crippen LogP contribution in [0.3, 0.4) is 0 Å². The first-order chi connectivity index (χ1) is 9.86. The van der Waals surface area contributed by atoms with Gasteiger partial charge in [0.2, 0.25) is 0 Å². The number of pyridine rings is 1. The van der Waals surface area contributed by atoms with Gasteiger partial charge in [0.1, 0.15) is 11.0 Å². The molecule has 0 bridgehead atoms. The van der Waals surface area contributed by atoms with Gasteiger partial charge in [-0.1, -0.05) is 23.2 Å². The second kappa shape index (κ2) is 5.85. The van der Waals surface area contributed by atoms with Gasteiger partial charge in [-0.25, -0.2) is 17.8 Å². The SMILES string of the molecule is N#Cc1cccnc1NS(=O)(=O)c1ccc(Cl)c(F)c1Cl. The zero-order valence-electron chi connectivity index (χ0n) is 10.1. The molecule has 0 atom stereocenters. The number of anilines is 1. The predicted molar refractivity (Wildman–Crippen MR) is 76.2 cm³/mol. The minimum atomic E-state index is -4.21. The topological polar surface area (TPSA) is 82.8 Å². The van der Waals surface area contributed by atoms with Crippen LogP contribution in [-0.4, -0.2) is 13.4 Å². The molecule has 0 radical (unpaired) electrons. The van der Waals surface area contributed by atoms with Crippen molar-refractivity contribution in [2.24, 2.45) is 0 Å². The van der Waals surface area contributed by atoms with E-state index in [-0.39, 0.29) is 16.4 Å². The highest BCUT2D eigenvalue weighted by Crippen LogP contribution is 2.30. The van der Waals surface area contributed by atoms with E-state index in [4.69, 9.17) is 28.5 Å². The molecule has 108 valence electrons. The van der Waals surface area contributed by atoms with Crippen LogP contribution in [0.15, 0.2) is 35.4 Å². The summed E-state index contributed by atoms with van der Waals surface area (Å²) in [6.07, 6.45) is 1.31. The van der Waals surface area contributed by atoms with E-state index in [1.807, 2.05) is 0 Å². The van der Waals surface area contributed by atoms with Crippen LogP contribution in [0.4, 0.5) is 10.2 Å². The molecule has 0 saturated carbocycles. The van der Waals surface area contributed by atoms with E-state index in [1.54, 1.807) is 6.07 Å². The molecule has 0 saturated heterocycles. The van der Waals surface area contributed by atoms with E-state index >= 15 is 0 Å². The van der Waals surface area contributed by atoms with E-state index < -0.39 is 25.8 Å². The van der Waals surface area contributed by atoms with Gasteiger partial charge in [-0.2, -0.15) is 5.26 Å². The van der Waals surface area contributed by atoms with Gasteiger partial charge in [0.15, 0.2) is 11.6 Å². The molecule has 2 rings (SSSR count). The second-order valence-corrected chi connectivity index (χ2v) is 6.23. The van der Waals surface area contributed by atoms with Crippen molar-refractivity contribution in [3.63, 3.8) is 0 Å². The van der Waals surface area contributed by atoms with Crippen LogP contribution in [0.1, 0.15) is 5.56 Å². The first kappa shape index (κ1) is 15.5. The van der Waals surface area contributed by atoms with Crippen molar-refractivity contribution in [2.75, 3.05) is 4.72 Å². The maximum Gasteiger partial charge on any atom is 0.264 e. The van der Waals surface area contributed by atoms with Crippen molar-refractivity contribution in [3.8, 4) is 6.07 Å². The molecule has 0 amide bonds. The van der Waals surface area contributed by atoms with E-state index in [0.29, 0.717) is 0 Å². The largest absolute Gasteiger partial charge is 0.264 e. The van der Waals surface area contributed by atoms with E-state index in [1.165, 1.54) is 18.3 Å². The van der Waals surface area contributed by atoms with Crippen molar-refractivity contribution in [3.05, 3.63) is 51.9 Å². The predicted octanol–water partition coefficient (Wildman–Crippen LogP) is 3.20. The number of benzene rings is 1. The Balaban J connectivity index is 2.50. The van der Waals surface area contributed by atoms with Crippen LogP contribution in [0, 0.1) is 17.1 Å². The van der Waals surface area contributed by atoms with Gasteiger partial charge in [0, 0.05) is 6.20 Å².